The first-order valence-corrected chi connectivity index (χ1v) is 7.81. The van der Waals surface area contributed by atoms with Gasteiger partial charge in [-0.05, 0) is 57.1 Å². The number of carbonyl (C=O) groups is 1. The molecule has 0 amide bonds. The highest BCUT2D eigenvalue weighted by Gasteiger charge is 2.16. The van der Waals surface area contributed by atoms with Crippen LogP contribution >= 0.6 is 11.6 Å². The van der Waals surface area contributed by atoms with Crippen molar-refractivity contribution in [3.63, 3.8) is 0 Å². The molecule has 0 saturated carbocycles. The lowest BCUT2D eigenvalue weighted by Crippen LogP contribution is -2.37. The summed E-state index contributed by atoms with van der Waals surface area (Å²) in [6, 6.07) is 6.90. The van der Waals surface area contributed by atoms with Crippen molar-refractivity contribution in [3.8, 4) is 5.75 Å². The quantitative estimate of drug-likeness (QED) is 0.757. The minimum absolute atomic E-state index is 0.0774. The van der Waals surface area contributed by atoms with Gasteiger partial charge in [-0.25, -0.2) is 4.79 Å². The first kappa shape index (κ1) is 16.1. The summed E-state index contributed by atoms with van der Waals surface area (Å²) in [6.45, 7) is 4.85. The van der Waals surface area contributed by atoms with Crippen molar-refractivity contribution in [1.29, 1.82) is 0 Å². The Balaban J connectivity index is 1.67. The molecule has 0 radical (unpaired) electrons. The molecule has 1 atom stereocenters. The van der Waals surface area contributed by atoms with E-state index >= 15 is 0 Å². The molecular formula is C16H22ClNO3. The van der Waals surface area contributed by atoms with Crippen molar-refractivity contribution in [3.05, 3.63) is 29.3 Å². The lowest BCUT2D eigenvalue weighted by atomic mass is 10.1. The summed E-state index contributed by atoms with van der Waals surface area (Å²) in [5.41, 5.74) is 0. The minimum Gasteiger partial charge on any atom is -0.482 e. The Morgan fingerprint density at radius 3 is 2.57 bits per heavy atom. The van der Waals surface area contributed by atoms with E-state index in [1.54, 1.807) is 24.3 Å². The van der Waals surface area contributed by atoms with Crippen LogP contribution in [0, 0.1) is 0 Å². The Morgan fingerprint density at radius 1 is 1.24 bits per heavy atom. The van der Waals surface area contributed by atoms with E-state index in [0.29, 0.717) is 10.8 Å². The van der Waals surface area contributed by atoms with Crippen LogP contribution in [0.2, 0.25) is 5.02 Å². The first-order chi connectivity index (χ1) is 10.1. The zero-order chi connectivity index (χ0) is 15.1. The molecule has 2 rings (SSSR count). The maximum absolute atomic E-state index is 11.7. The number of halogens is 1. The Morgan fingerprint density at radius 2 is 1.90 bits per heavy atom. The van der Waals surface area contributed by atoms with Gasteiger partial charge in [0.15, 0.2) is 6.61 Å². The summed E-state index contributed by atoms with van der Waals surface area (Å²) in [5, 5.41) is 0.639. The van der Waals surface area contributed by atoms with Gasteiger partial charge in [0, 0.05) is 11.6 Å². The molecule has 5 heteroatoms. The molecule has 1 aliphatic heterocycles. The van der Waals surface area contributed by atoms with Gasteiger partial charge in [-0.1, -0.05) is 18.0 Å². The molecule has 1 fully saturated rings. The summed E-state index contributed by atoms with van der Waals surface area (Å²) in [7, 11) is 0. The molecule has 1 heterocycles. The number of rotatable bonds is 6. The fourth-order valence-corrected chi connectivity index (χ4v) is 2.60. The number of likely N-dealkylation sites (tertiary alicyclic amines) is 1. The summed E-state index contributed by atoms with van der Waals surface area (Å²) in [4.78, 5) is 14.1. The van der Waals surface area contributed by atoms with Gasteiger partial charge in [-0.15, -0.1) is 0 Å². The summed E-state index contributed by atoms with van der Waals surface area (Å²) in [6.07, 6.45) is 3.67. The third-order valence-electron chi connectivity index (χ3n) is 3.47. The molecular weight excluding hydrogens is 290 g/mol. The van der Waals surface area contributed by atoms with Gasteiger partial charge >= 0.3 is 5.97 Å². The molecule has 116 valence electrons. The second kappa shape index (κ2) is 8.25. The fourth-order valence-electron chi connectivity index (χ4n) is 2.47. The Hall–Kier alpha value is -1.26. The molecule has 0 aromatic heterocycles. The number of ether oxygens (including phenoxy) is 2. The molecule has 1 aromatic rings. The Labute approximate surface area is 131 Å². The van der Waals surface area contributed by atoms with E-state index in [-0.39, 0.29) is 18.7 Å². The standard InChI is InChI=1S/C16H22ClNO3/c1-13(11-18-9-3-2-4-10-18)21-16(19)12-20-15-7-5-14(17)6-8-15/h5-8,13H,2-4,9-12H2,1H3/t13-/m1/s1. The second-order valence-electron chi connectivity index (χ2n) is 5.40. The molecule has 0 N–H and O–H groups in total. The molecule has 0 aliphatic carbocycles. The van der Waals surface area contributed by atoms with Gasteiger partial charge in [0.25, 0.3) is 0 Å². The van der Waals surface area contributed by atoms with E-state index in [9.17, 15) is 4.79 Å². The molecule has 1 aromatic carbocycles. The van der Waals surface area contributed by atoms with E-state index in [0.717, 1.165) is 19.6 Å². The molecule has 1 aliphatic rings. The normalized spacial score (nSPS) is 17.2. The van der Waals surface area contributed by atoms with Gasteiger partial charge in [0.2, 0.25) is 0 Å². The number of piperidine rings is 1. The van der Waals surface area contributed by atoms with Crippen molar-refractivity contribution in [2.24, 2.45) is 0 Å². The van der Waals surface area contributed by atoms with Gasteiger partial charge in [-0.3, -0.25) is 4.90 Å². The molecule has 0 unspecified atom stereocenters. The van der Waals surface area contributed by atoms with Crippen LogP contribution in [-0.2, 0) is 9.53 Å². The second-order valence-corrected chi connectivity index (χ2v) is 5.84. The average molecular weight is 312 g/mol. The van der Waals surface area contributed by atoms with Crippen molar-refractivity contribution in [2.45, 2.75) is 32.3 Å². The summed E-state index contributed by atoms with van der Waals surface area (Å²) < 4.78 is 10.7. The third-order valence-corrected chi connectivity index (χ3v) is 3.72. The van der Waals surface area contributed by atoms with Crippen LogP contribution in [0.25, 0.3) is 0 Å². The average Bonchev–Trinajstić information content (AvgIpc) is 2.47. The molecule has 4 nitrogen and oxygen atoms in total. The maximum Gasteiger partial charge on any atom is 0.344 e. The van der Waals surface area contributed by atoms with Crippen LogP contribution in [0.4, 0.5) is 0 Å². The number of nitrogens with zero attached hydrogens (tertiary/aromatic N) is 1. The van der Waals surface area contributed by atoms with Crippen LogP contribution in [0.5, 0.6) is 5.75 Å². The number of hydrogen-bond acceptors (Lipinski definition) is 4. The molecule has 0 spiro atoms. The van der Waals surface area contributed by atoms with Gasteiger partial charge < -0.3 is 9.47 Å². The van der Waals surface area contributed by atoms with Crippen LogP contribution in [0.1, 0.15) is 26.2 Å². The van der Waals surface area contributed by atoms with E-state index in [4.69, 9.17) is 21.1 Å². The van der Waals surface area contributed by atoms with Crippen molar-refractivity contribution < 1.29 is 14.3 Å². The lowest BCUT2D eigenvalue weighted by molar-refractivity contribution is -0.151. The van der Waals surface area contributed by atoms with E-state index in [1.807, 2.05) is 6.92 Å². The zero-order valence-electron chi connectivity index (χ0n) is 12.4. The van der Waals surface area contributed by atoms with Crippen LogP contribution < -0.4 is 4.74 Å². The van der Waals surface area contributed by atoms with Crippen molar-refractivity contribution >= 4 is 17.6 Å². The van der Waals surface area contributed by atoms with Gasteiger partial charge in [-0.2, -0.15) is 0 Å². The van der Waals surface area contributed by atoms with E-state index < -0.39 is 0 Å². The largest absolute Gasteiger partial charge is 0.482 e. The molecule has 0 bridgehead atoms. The van der Waals surface area contributed by atoms with Gasteiger partial charge in [0.1, 0.15) is 11.9 Å². The predicted molar refractivity (Wildman–Crippen MR) is 82.8 cm³/mol. The minimum atomic E-state index is -0.338. The van der Waals surface area contributed by atoms with Crippen molar-refractivity contribution in [1.82, 2.24) is 4.90 Å². The number of hydrogen-bond donors (Lipinski definition) is 0. The predicted octanol–water partition coefficient (Wildman–Crippen LogP) is 3.14. The summed E-state index contributed by atoms with van der Waals surface area (Å²) in [5.74, 6) is 0.273. The Kier molecular flexibility index (Phi) is 6.33. The zero-order valence-corrected chi connectivity index (χ0v) is 13.1. The smallest absolute Gasteiger partial charge is 0.344 e. The van der Waals surface area contributed by atoms with E-state index in [2.05, 4.69) is 4.90 Å². The fraction of sp³-hybridized carbons (Fsp3) is 0.562. The lowest BCUT2D eigenvalue weighted by Gasteiger charge is -2.28. The number of benzene rings is 1. The van der Waals surface area contributed by atoms with Crippen molar-refractivity contribution in [2.75, 3.05) is 26.2 Å². The van der Waals surface area contributed by atoms with Crippen LogP contribution in [0.3, 0.4) is 0 Å². The maximum atomic E-state index is 11.7. The van der Waals surface area contributed by atoms with Crippen LogP contribution in [-0.4, -0.2) is 43.2 Å². The van der Waals surface area contributed by atoms with Gasteiger partial charge in [0.05, 0.1) is 0 Å². The highest BCUT2D eigenvalue weighted by molar-refractivity contribution is 6.30. The molecule has 1 saturated heterocycles. The SMILES string of the molecule is C[C@H](CN1CCCCC1)OC(=O)COc1ccc(Cl)cc1. The first-order valence-electron chi connectivity index (χ1n) is 7.43. The number of carbonyl (C=O) groups excluding carboxylic acids is 1. The van der Waals surface area contributed by atoms with E-state index in [1.165, 1.54) is 19.3 Å². The highest BCUT2D eigenvalue weighted by atomic mass is 35.5. The summed E-state index contributed by atoms with van der Waals surface area (Å²) >= 11 is 5.78. The van der Waals surface area contributed by atoms with Crippen LogP contribution in [0.15, 0.2) is 24.3 Å². The topological polar surface area (TPSA) is 38.8 Å². The monoisotopic (exact) mass is 311 g/mol. The third kappa shape index (κ3) is 5.94. The Bertz CT molecular complexity index is 443. The number of esters is 1. The molecule has 21 heavy (non-hydrogen) atoms. The highest BCUT2D eigenvalue weighted by Crippen LogP contribution is 2.15.